The maximum atomic E-state index is 11.7. The second-order valence-electron chi connectivity index (χ2n) is 4.85. The Labute approximate surface area is 107 Å². The molecule has 0 saturated heterocycles. The molecule has 1 aromatic heterocycles. The Hall–Kier alpha value is -0.870. The number of amides is 1. The van der Waals surface area contributed by atoms with Gasteiger partial charge in [-0.15, -0.1) is 11.3 Å². The van der Waals surface area contributed by atoms with E-state index in [1.807, 2.05) is 18.3 Å². The Morgan fingerprint density at radius 3 is 2.94 bits per heavy atom. The molecule has 4 heteroatoms. The van der Waals surface area contributed by atoms with Gasteiger partial charge in [0.25, 0.3) is 0 Å². The molecule has 1 atom stereocenters. The van der Waals surface area contributed by atoms with E-state index in [0.717, 1.165) is 6.54 Å². The fraction of sp³-hybridized carbons (Fsp3) is 0.615. The number of carbonyl (C=O) groups excluding carboxylic acids is 1. The van der Waals surface area contributed by atoms with Crippen LogP contribution in [0.4, 0.5) is 0 Å². The number of rotatable bonds is 4. The molecule has 1 aliphatic carbocycles. The van der Waals surface area contributed by atoms with Gasteiger partial charge in [0.05, 0.1) is 6.04 Å². The van der Waals surface area contributed by atoms with Crippen molar-refractivity contribution in [3.05, 3.63) is 21.4 Å². The van der Waals surface area contributed by atoms with E-state index in [1.54, 1.807) is 23.9 Å². The predicted octanol–water partition coefficient (Wildman–Crippen LogP) is 1.80. The lowest BCUT2D eigenvalue weighted by Gasteiger charge is -2.17. The van der Waals surface area contributed by atoms with Gasteiger partial charge in [-0.25, -0.2) is 0 Å². The maximum absolute atomic E-state index is 11.7. The van der Waals surface area contributed by atoms with Gasteiger partial charge in [-0.2, -0.15) is 0 Å². The quantitative estimate of drug-likeness (QED) is 0.886. The molecular formula is C13H20N2OS. The van der Waals surface area contributed by atoms with Gasteiger partial charge in [0, 0.05) is 30.4 Å². The first-order chi connectivity index (χ1) is 8.08. The van der Waals surface area contributed by atoms with E-state index >= 15 is 0 Å². The number of thiophene rings is 1. The molecule has 2 rings (SSSR count). The van der Waals surface area contributed by atoms with Crippen LogP contribution in [0.15, 0.2) is 6.07 Å². The maximum Gasteiger partial charge on any atom is 0.238 e. The summed E-state index contributed by atoms with van der Waals surface area (Å²) in [6.07, 6.45) is 3.79. The van der Waals surface area contributed by atoms with E-state index in [1.165, 1.54) is 29.7 Å². The summed E-state index contributed by atoms with van der Waals surface area (Å²) in [7, 11) is 3.58. The minimum Gasteiger partial charge on any atom is -0.347 e. The first-order valence-electron chi connectivity index (χ1n) is 6.13. The van der Waals surface area contributed by atoms with Crippen molar-refractivity contribution in [2.75, 3.05) is 14.1 Å². The molecule has 1 amide bonds. The first kappa shape index (κ1) is 12.6. The fourth-order valence-electron chi connectivity index (χ4n) is 2.21. The van der Waals surface area contributed by atoms with Gasteiger partial charge >= 0.3 is 0 Å². The highest BCUT2D eigenvalue weighted by Crippen LogP contribution is 2.30. The van der Waals surface area contributed by atoms with Gasteiger partial charge in [0.2, 0.25) is 5.91 Å². The molecule has 0 saturated carbocycles. The summed E-state index contributed by atoms with van der Waals surface area (Å²) in [4.78, 5) is 16.2. The molecule has 0 spiro atoms. The number of nitrogens with zero attached hydrogens (tertiary/aromatic N) is 1. The van der Waals surface area contributed by atoms with E-state index < -0.39 is 0 Å². The smallest absolute Gasteiger partial charge is 0.238 e. The zero-order valence-corrected chi connectivity index (χ0v) is 11.6. The Balaban J connectivity index is 1.87. The zero-order chi connectivity index (χ0) is 12.4. The van der Waals surface area contributed by atoms with Crippen LogP contribution in [0.25, 0.3) is 0 Å². The third-order valence-corrected chi connectivity index (χ3v) is 4.43. The fourth-order valence-corrected chi connectivity index (χ4v) is 3.42. The molecule has 1 unspecified atom stereocenters. The van der Waals surface area contributed by atoms with E-state index in [0.29, 0.717) is 0 Å². The van der Waals surface area contributed by atoms with Crippen LogP contribution in [0.1, 0.15) is 28.7 Å². The van der Waals surface area contributed by atoms with E-state index in [9.17, 15) is 4.79 Å². The van der Waals surface area contributed by atoms with Crippen molar-refractivity contribution in [3.63, 3.8) is 0 Å². The number of nitrogens with one attached hydrogen (secondary N) is 1. The lowest BCUT2D eigenvalue weighted by Crippen LogP contribution is -2.40. The van der Waals surface area contributed by atoms with Gasteiger partial charge < -0.3 is 10.2 Å². The molecular weight excluding hydrogens is 232 g/mol. The van der Waals surface area contributed by atoms with Crippen molar-refractivity contribution >= 4 is 17.2 Å². The third kappa shape index (κ3) is 2.87. The second kappa shape index (κ2) is 5.19. The second-order valence-corrected chi connectivity index (χ2v) is 6.07. The Bertz CT molecular complexity index is 390. The zero-order valence-electron chi connectivity index (χ0n) is 10.7. The summed E-state index contributed by atoms with van der Waals surface area (Å²) in [6.45, 7) is 2.72. The van der Waals surface area contributed by atoms with Gasteiger partial charge in [0.1, 0.15) is 0 Å². The third-order valence-electron chi connectivity index (χ3n) is 3.19. The van der Waals surface area contributed by atoms with Crippen molar-refractivity contribution in [1.29, 1.82) is 0 Å². The van der Waals surface area contributed by atoms with Crippen molar-refractivity contribution in [1.82, 2.24) is 10.2 Å². The largest absolute Gasteiger partial charge is 0.347 e. The van der Waals surface area contributed by atoms with E-state index in [4.69, 9.17) is 0 Å². The minimum atomic E-state index is -0.109. The molecule has 0 bridgehead atoms. The van der Waals surface area contributed by atoms with E-state index in [2.05, 4.69) is 11.4 Å². The SMILES string of the molecule is CC(NCc1cc2c(s1)CCC2)C(=O)N(C)C. The number of hydrogen-bond donors (Lipinski definition) is 1. The summed E-state index contributed by atoms with van der Waals surface area (Å²) in [5.41, 5.74) is 1.53. The highest BCUT2D eigenvalue weighted by Gasteiger charge is 2.17. The Morgan fingerprint density at radius 1 is 1.53 bits per heavy atom. The van der Waals surface area contributed by atoms with Crippen molar-refractivity contribution in [3.8, 4) is 0 Å². The summed E-state index contributed by atoms with van der Waals surface area (Å²) >= 11 is 1.90. The molecule has 17 heavy (non-hydrogen) atoms. The molecule has 3 nitrogen and oxygen atoms in total. The summed E-state index contributed by atoms with van der Waals surface area (Å²) < 4.78 is 0. The summed E-state index contributed by atoms with van der Waals surface area (Å²) in [5.74, 6) is 0.133. The molecule has 0 aromatic carbocycles. The van der Waals surface area contributed by atoms with Crippen LogP contribution in [0.3, 0.4) is 0 Å². The van der Waals surface area contributed by atoms with Crippen molar-refractivity contribution < 1.29 is 4.79 Å². The van der Waals surface area contributed by atoms with E-state index in [-0.39, 0.29) is 11.9 Å². The average Bonchev–Trinajstić information content (AvgIpc) is 2.84. The van der Waals surface area contributed by atoms with Gasteiger partial charge in [-0.05, 0) is 37.8 Å². The highest BCUT2D eigenvalue weighted by molar-refractivity contribution is 7.12. The Morgan fingerprint density at radius 2 is 2.29 bits per heavy atom. The van der Waals surface area contributed by atoms with Crippen molar-refractivity contribution in [2.45, 2.75) is 38.8 Å². The van der Waals surface area contributed by atoms with Crippen LogP contribution < -0.4 is 5.32 Å². The van der Waals surface area contributed by atoms with Crippen LogP contribution in [0.5, 0.6) is 0 Å². The first-order valence-corrected chi connectivity index (χ1v) is 6.94. The van der Waals surface area contributed by atoms with Gasteiger partial charge in [0.15, 0.2) is 0 Å². The van der Waals surface area contributed by atoms with Crippen LogP contribution in [-0.2, 0) is 24.2 Å². The number of fused-ring (bicyclic) bond motifs is 1. The number of likely N-dealkylation sites (N-methyl/N-ethyl adjacent to an activating group) is 1. The summed E-state index contributed by atoms with van der Waals surface area (Å²) in [5, 5.41) is 3.29. The van der Waals surface area contributed by atoms with Crippen LogP contribution in [0, 0.1) is 0 Å². The molecule has 1 N–H and O–H groups in total. The monoisotopic (exact) mass is 252 g/mol. The molecule has 94 valence electrons. The van der Waals surface area contributed by atoms with Crippen molar-refractivity contribution in [2.24, 2.45) is 0 Å². The molecule has 1 heterocycles. The molecule has 1 aromatic rings. The summed E-state index contributed by atoms with van der Waals surface area (Å²) in [6, 6.07) is 2.19. The molecule has 0 radical (unpaired) electrons. The average molecular weight is 252 g/mol. The minimum absolute atomic E-state index is 0.109. The van der Waals surface area contributed by atoms with Crippen LogP contribution in [0.2, 0.25) is 0 Å². The lowest BCUT2D eigenvalue weighted by molar-refractivity contribution is -0.130. The topological polar surface area (TPSA) is 32.3 Å². The highest BCUT2D eigenvalue weighted by atomic mass is 32.1. The molecule has 0 fully saturated rings. The van der Waals surface area contributed by atoms with Gasteiger partial charge in [-0.3, -0.25) is 4.79 Å². The standard InChI is InChI=1S/C13H20N2OS/c1-9(13(16)15(2)3)14-8-11-7-10-5-4-6-12(10)17-11/h7,9,14H,4-6,8H2,1-3H3. The normalized spacial score (nSPS) is 15.7. The van der Waals surface area contributed by atoms with Crippen LogP contribution >= 0.6 is 11.3 Å². The number of hydrogen-bond acceptors (Lipinski definition) is 3. The predicted molar refractivity (Wildman–Crippen MR) is 71.3 cm³/mol. The van der Waals surface area contributed by atoms with Gasteiger partial charge in [-0.1, -0.05) is 0 Å². The number of carbonyl (C=O) groups is 1. The molecule has 0 aliphatic heterocycles. The Kier molecular flexibility index (Phi) is 3.84. The molecule has 1 aliphatic rings. The number of aryl methyl sites for hydroxylation is 2. The lowest BCUT2D eigenvalue weighted by atomic mass is 10.2. The van der Waals surface area contributed by atoms with Crippen LogP contribution in [-0.4, -0.2) is 30.9 Å².